The molecule has 0 aliphatic carbocycles. The highest BCUT2D eigenvalue weighted by molar-refractivity contribution is 5.74. The van der Waals surface area contributed by atoms with E-state index in [1.807, 2.05) is 30.3 Å². The molecule has 4 nitrogen and oxygen atoms in total. The lowest BCUT2D eigenvalue weighted by Crippen LogP contribution is -2.13. The van der Waals surface area contributed by atoms with E-state index in [1.165, 1.54) is 7.11 Å². The van der Waals surface area contributed by atoms with Crippen LogP contribution in [0.2, 0.25) is 0 Å². The van der Waals surface area contributed by atoms with Gasteiger partial charge in [-0.1, -0.05) is 30.3 Å². The Morgan fingerprint density at radius 1 is 1.00 bits per heavy atom. The molecule has 2 aromatic rings. The summed E-state index contributed by atoms with van der Waals surface area (Å²) in [6.07, 6.45) is -0.953. The Balaban J connectivity index is 2.12. The third-order valence-electron chi connectivity index (χ3n) is 2.62. The highest BCUT2D eigenvalue weighted by Crippen LogP contribution is 2.24. The zero-order valence-electron chi connectivity index (χ0n) is 10.4. The molecule has 2 rings (SSSR count). The molecular weight excluding hydrogens is 244 g/mol. The largest absolute Gasteiger partial charge is 0.479 e. The first-order valence-corrected chi connectivity index (χ1v) is 5.79. The molecule has 0 saturated carbocycles. The molecule has 4 heteroatoms. The standard InChI is InChI=1S/C15H14O4/c1-18-14(15(16)17)11-7-9-13(10-8-11)19-12-5-3-2-4-6-12/h2-10,14H,1H3,(H,16,17)/t14-/m0/s1. The van der Waals surface area contributed by atoms with Crippen molar-refractivity contribution in [1.82, 2.24) is 0 Å². The molecular formula is C15H14O4. The summed E-state index contributed by atoms with van der Waals surface area (Å²) in [4.78, 5) is 11.0. The van der Waals surface area contributed by atoms with Crippen LogP contribution >= 0.6 is 0 Å². The lowest BCUT2D eigenvalue weighted by Gasteiger charge is -2.11. The normalized spacial score (nSPS) is 11.8. The zero-order valence-corrected chi connectivity index (χ0v) is 10.4. The Hall–Kier alpha value is -2.33. The molecule has 0 bridgehead atoms. The van der Waals surface area contributed by atoms with E-state index >= 15 is 0 Å². The van der Waals surface area contributed by atoms with E-state index in [2.05, 4.69) is 0 Å². The maximum atomic E-state index is 11.0. The molecule has 1 atom stereocenters. The van der Waals surface area contributed by atoms with Crippen molar-refractivity contribution in [3.05, 3.63) is 60.2 Å². The number of hydrogen-bond acceptors (Lipinski definition) is 3. The Labute approximate surface area is 111 Å². The smallest absolute Gasteiger partial charge is 0.337 e. The minimum absolute atomic E-state index is 0.579. The molecule has 0 aliphatic rings. The molecule has 0 saturated heterocycles. The highest BCUT2D eigenvalue weighted by Gasteiger charge is 2.18. The number of carboxylic acids is 1. The van der Waals surface area contributed by atoms with Gasteiger partial charge in [-0.3, -0.25) is 0 Å². The summed E-state index contributed by atoms with van der Waals surface area (Å²) in [7, 11) is 1.37. The van der Waals surface area contributed by atoms with Crippen molar-refractivity contribution >= 4 is 5.97 Å². The summed E-state index contributed by atoms with van der Waals surface area (Å²) in [6, 6.07) is 16.2. The van der Waals surface area contributed by atoms with Crippen LogP contribution in [0.15, 0.2) is 54.6 Å². The molecule has 0 amide bonds. The summed E-state index contributed by atoms with van der Waals surface area (Å²) in [6.45, 7) is 0. The molecule has 0 unspecified atom stereocenters. The molecule has 98 valence electrons. The molecule has 2 aromatic carbocycles. The molecule has 0 aromatic heterocycles. The lowest BCUT2D eigenvalue weighted by atomic mass is 10.1. The average molecular weight is 258 g/mol. The fourth-order valence-corrected chi connectivity index (χ4v) is 1.71. The van der Waals surface area contributed by atoms with Crippen molar-refractivity contribution in [2.45, 2.75) is 6.10 Å². The van der Waals surface area contributed by atoms with Crippen LogP contribution in [0.4, 0.5) is 0 Å². The van der Waals surface area contributed by atoms with Crippen LogP contribution in [0.5, 0.6) is 11.5 Å². The van der Waals surface area contributed by atoms with Crippen molar-refractivity contribution in [3.63, 3.8) is 0 Å². The van der Waals surface area contributed by atoms with Gasteiger partial charge in [0.25, 0.3) is 0 Å². The molecule has 0 heterocycles. The SMILES string of the molecule is CO[C@H](C(=O)O)c1ccc(Oc2ccccc2)cc1. The van der Waals surface area contributed by atoms with E-state index < -0.39 is 12.1 Å². The van der Waals surface area contributed by atoms with Crippen LogP contribution in [-0.4, -0.2) is 18.2 Å². The maximum absolute atomic E-state index is 11.0. The van der Waals surface area contributed by atoms with Crippen LogP contribution < -0.4 is 4.74 Å². The van der Waals surface area contributed by atoms with Crippen molar-refractivity contribution in [3.8, 4) is 11.5 Å². The van der Waals surface area contributed by atoms with Gasteiger partial charge in [-0.15, -0.1) is 0 Å². The van der Waals surface area contributed by atoms with E-state index in [0.717, 1.165) is 5.75 Å². The second-order valence-corrected chi connectivity index (χ2v) is 3.94. The summed E-state index contributed by atoms with van der Waals surface area (Å²) >= 11 is 0. The van der Waals surface area contributed by atoms with Gasteiger partial charge >= 0.3 is 5.97 Å². The van der Waals surface area contributed by atoms with Crippen LogP contribution in [0, 0.1) is 0 Å². The van der Waals surface area contributed by atoms with Crippen molar-refractivity contribution in [2.75, 3.05) is 7.11 Å². The predicted octanol–water partition coefficient (Wildman–Crippen LogP) is 3.25. The fraction of sp³-hybridized carbons (Fsp3) is 0.133. The second kappa shape index (κ2) is 6.02. The van der Waals surface area contributed by atoms with Gasteiger partial charge in [-0.2, -0.15) is 0 Å². The Bertz CT molecular complexity index is 534. The quantitative estimate of drug-likeness (QED) is 0.894. The van der Waals surface area contributed by atoms with Gasteiger partial charge in [-0.05, 0) is 29.8 Å². The molecule has 0 fully saturated rings. The summed E-state index contributed by atoms with van der Waals surface area (Å²) < 4.78 is 10.5. The third kappa shape index (κ3) is 3.33. The second-order valence-electron chi connectivity index (χ2n) is 3.94. The predicted molar refractivity (Wildman–Crippen MR) is 70.3 cm³/mol. The maximum Gasteiger partial charge on any atom is 0.337 e. The molecule has 0 spiro atoms. The van der Waals surface area contributed by atoms with Crippen LogP contribution in [0.3, 0.4) is 0 Å². The Morgan fingerprint density at radius 3 is 2.11 bits per heavy atom. The van der Waals surface area contributed by atoms with Crippen molar-refractivity contribution in [1.29, 1.82) is 0 Å². The van der Waals surface area contributed by atoms with Gasteiger partial charge in [0.15, 0.2) is 6.10 Å². The number of rotatable bonds is 5. The summed E-state index contributed by atoms with van der Waals surface area (Å²) in [5.41, 5.74) is 0.579. The van der Waals surface area contributed by atoms with E-state index in [1.54, 1.807) is 24.3 Å². The van der Waals surface area contributed by atoms with Gasteiger partial charge in [0.2, 0.25) is 0 Å². The summed E-state index contributed by atoms with van der Waals surface area (Å²) in [5.74, 6) is 0.367. The van der Waals surface area contributed by atoms with E-state index in [9.17, 15) is 4.79 Å². The number of methoxy groups -OCH3 is 1. The number of ether oxygens (including phenoxy) is 2. The average Bonchev–Trinajstić information content (AvgIpc) is 2.42. The van der Waals surface area contributed by atoms with E-state index in [4.69, 9.17) is 14.6 Å². The van der Waals surface area contributed by atoms with Crippen molar-refractivity contribution in [2.24, 2.45) is 0 Å². The van der Waals surface area contributed by atoms with E-state index in [0.29, 0.717) is 11.3 Å². The Kier molecular flexibility index (Phi) is 4.15. The van der Waals surface area contributed by atoms with Crippen LogP contribution in [0.25, 0.3) is 0 Å². The van der Waals surface area contributed by atoms with Gasteiger partial charge in [0.1, 0.15) is 11.5 Å². The molecule has 0 radical (unpaired) electrons. The summed E-state index contributed by atoms with van der Waals surface area (Å²) in [5, 5.41) is 8.97. The monoisotopic (exact) mass is 258 g/mol. The number of para-hydroxylation sites is 1. The lowest BCUT2D eigenvalue weighted by molar-refractivity contribution is -0.148. The topological polar surface area (TPSA) is 55.8 Å². The Morgan fingerprint density at radius 2 is 1.58 bits per heavy atom. The first-order valence-electron chi connectivity index (χ1n) is 5.79. The number of hydrogen-bond donors (Lipinski definition) is 1. The van der Waals surface area contributed by atoms with Gasteiger partial charge in [0, 0.05) is 7.11 Å². The van der Waals surface area contributed by atoms with Crippen LogP contribution in [-0.2, 0) is 9.53 Å². The van der Waals surface area contributed by atoms with E-state index in [-0.39, 0.29) is 0 Å². The number of carbonyl (C=O) groups is 1. The molecule has 19 heavy (non-hydrogen) atoms. The minimum Gasteiger partial charge on any atom is -0.479 e. The van der Waals surface area contributed by atoms with Gasteiger partial charge < -0.3 is 14.6 Å². The number of carboxylic acid groups (broad SMARTS) is 1. The van der Waals surface area contributed by atoms with Crippen molar-refractivity contribution < 1.29 is 19.4 Å². The molecule has 1 N–H and O–H groups in total. The van der Waals surface area contributed by atoms with Gasteiger partial charge in [-0.25, -0.2) is 4.79 Å². The third-order valence-corrected chi connectivity index (χ3v) is 2.62. The number of benzene rings is 2. The first kappa shape index (κ1) is 13.1. The fourth-order valence-electron chi connectivity index (χ4n) is 1.71. The minimum atomic E-state index is -1.01. The van der Waals surface area contributed by atoms with Gasteiger partial charge in [0.05, 0.1) is 0 Å². The molecule has 0 aliphatic heterocycles. The number of aliphatic carboxylic acids is 1. The zero-order chi connectivity index (χ0) is 13.7. The first-order chi connectivity index (χ1) is 9.20. The highest BCUT2D eigenvalue weighted by atomic mass is 16.5. The van der Waals surface area contributed by atoms with Crippen LogP contribution in [0.1, 0.15) is 11.7 Å².